The summed E-state index contributed by atoms with van der Waals surface area (Å²) in [5, 5.41) is 12.1. The van der Waals surface area contributed by atoms with Crippen LogP contribution in [0.2, 0.25) is 5.02 Å². The van der Waals surface area contributed by atoms with Gasteiger partial charge in [-0.25, -0.2) is 4.39 Å². The van der Waals surface area contributed by atoms with Gasteiger partial charge in [-0.15, -0.1) is 0 Å². The highest BCUT2D eigenvalue weighted by Gasteiger charge is 2.70. The third kappa shape index (κ3) is 4.94. The van der Waals surface area contributed by atoms with Crippen molar-refractivity contribution in [2.75, 3.05) is 12.0 Å². The number of carbonyl (C=O) groups excluding carboxylic acids is 4. The zero-order chi connectivity index (χ0) is 35.0. The fraction of sp³-hybridized carbons (Fsp3) is 0.368. The average Bonchev–Trinajstić information content (AvgIpc) is 3.45. The number of hydrogen-bond donors (Lipinski definition) is 2. The summed E-state index contributed by atoms with van der Waals surface area (Å²) in [4.78, 5) is 59.3. The van der Waals surface area contributed by atoms with Gasteiger partial charge in [0.15, 0.2) is 11.5 Å². The summed E-state index contributed by atoms with van der Waals surface area (Å²) >= 11 is 6.35. The number of allylic oxidation sites excluding steroid dienone is 2. The maximum atomic E-state index is 15.2. The molecule has 3 aromatic carbocycles. The largest absolute Gasteiger partial charge is 0.504 e. The van der Waals surface area contributed by atoms with E-state index in [1.54, 1.807) is 43.3 Å². The summed E-state index contributed by atoms with van der Waals surface area (Å²) in [6.45, 7) is 7.54. The summed E-state index contributed by atoms with van der Waals surface area (Å²) in [5.74, 6) is -5.54. The number of aromatic hydroxyl groups is 1. The van der Waals surface area contributed by atoms with Crippen molar-refractivity contribution in [1.82, 2.24) is 9.91 Å². The van der Waals surface area contributed by atoms with Gasteiger partial charge in [0.05, 0.1) is 35.5 Å². The number of fused-ring (bicyclic) bond motifs is 4. The summed E-state index contributed by atoms with van der Waals surface area (Å²) < 4.78 is 19.6. The number of anilines is 1. The fourth-order valence-corrected chi connectivity index (χ4v) is 8.80. The highest BCUT2D eigenvalue weighted by Crippen LogP contribution is 2.64. The number of phenolic OH excluding ortho intramolecular Hbond substituents is 1. The molecule has 49 heavy (non-hydrogen) atoms. The molecular weight excluding hydrogens is 649 g/mol. The first kappa shape index (κ1) is 32.8. The molecule has 2 heterocycles. The van der Waals surface area contributed by atoms with Crippen LogP contribution >= 0.6 is 11.6 Å². The number of amides is 4. The molecule has 2 aliphatic heterocycles. The van der Waals surface area contributed by atoms with Gasteiger partial charge < -0.3 is 9.84 Å². The molecule has 2 saturated heterocycles. The number of nitrogens with zero attached hydrogens (tertiary/aromatic N) is 2. The predicted octanol–water partition coefficient (Wildman–Crippen LogP) is 6.37. The van der Waals surface area contributed by atoms with Crippen LogP contribution in [0.1, 0.15) is 57.6 Å². The number of hydrazine groups is 1. The van der Waals surface area contributed by atoms with Crippen molar-refractivity contribution < 1.29 is 33.4 Å². The van der Waals surface area contributed by atoms with E-state index in [0.29, 0.717) is 28.3 Å². The van der Waals surface area contributed by atoms with E-state index in [1.807, 2.05) is 26.8 Å². The second kappa shape index (κ2) is 11.7. The number of carbonyl (C=O) groups is 4. The van der Waals surface area contributed by atoms with Gasteiger partial charge >= 0.3 is 0 Å². The summed E-state index contributed by atoms with van der Waals surface area (Å²) in [6, 6.07) is 17.1. The summed E-state index contributed by atoms with van der Waals surface area (Å²) in [5.41, 5.74) is 2.93. The molecule has 6 atom stereocenters. The molecule has 0 spiro atoms. The van der Waals surface area contributed by atoms with Crippen molar-refractivity contribution in [1.29, 1.82) is 0 Å². The topological polar surface area (TPSA) is 116 Å². The molecule has 0 bridgehead atoms. The Hall–Kier alpha value is -4.70. The fourth-order valence-electron chi connectivity index (χ4n) is 8.67. The van der Waals surface area contributed by atoms with Crippen molar-refractivity contribution in [3.63, 3.8) is 0 Å². The standard InChI is InChI=1S/C38H37ClFN3O6/c1-5-49-30-18-20(6-17-29(30)44)32-25-15-16-26-31(35(47)42(33(26)45)37(2,3)4)27(25)19-28-34(46)43(41-24-13-11-23(40)12-14-24)36(48)38(28,32)21-7-9-22(39)10-8-21/h6-15,17-18,26-28,31-32,41,44H,5,16,19H2,1-4H3/t26-,27+,28-,31-,32-,38+/m0/s1. The number of halogens is 2. The molecule has 254 valence electrons. The lowest BCUT2D eigenvalue weighted by Gasteiger charge is -2.50. The Kier molecular flexibility index (Phi) is 7.85. The minimum atomic E-state index is -1.53. The van der Waals surface area contributed by atoms with E-state index in [1.165, 1.54) is 35.2 Å². The van der Waals surface area contributed by atoms with Crippen LogP contribution < -0.4 is 10.2 Å². The van der Waals surface area contributed by atoms with Crippen LogP contribution in [0.15, 0.2) is 78.4 Å². The molecule has 2 N–H and O–H groups in total. The van der Waals surface area contributed by atoms with Gasteiger partial charge in [-0.1, -0.05) is 41.4 Å². The Balaban J connectivity index is 1.47. The summed E-state index contributed by atoms with van der Waals surface area (Å²) in [7, 11) is 0. The molecule has 0 unspecified atom stereocenters. The minimum absolute atomic E-state index is 0.0847. The minimum Gasteiger partial charge on any atom is -0.504 e. The number of hydrogen-bond acceptors (Lipinski definition) is 7. The molecule has 2 aliphatic carbocycles. The van der Waals surface area contributed by atoms with E-state index in [-0.39, 0.29) is 36.3 Å². The first-order valence-corrected chi connectivity index (χ1v) is 16.9. The zero-order valence-electron chi connectivity index (χ0n) is 27.6. The normalized spacial score (nSPS) is 27.9. The van der Waals surface area contributed by atoms with Gasteiger partial charge in [-0.3, -0.25) is 29.5 Å². The van der Waals surface area contributed by atoms with Gasteiger partial charge in [0.25, 0.3) is 11.8 Å². The number of nitrogens with one attached hydrogen (secondary N) is 1. The highest BCUT2D eigenvalue weighted by molar-refractivity contribution is 6.30. The van der Waals surface area contributed by atoms with Gasteiger partial charge in [-0.2, -0.15) is 5.01 Å². The number of rotatable bonds is 6. The second-order valence-electron chi connectivity index (χ2n) is 14.2. The predicted molar refractivity (Wildman–Crippen MR) is 180 cm³/mol. The first-order chi connectivity index (χ1) is 23.3. The van der Waals surface area contributed by atoms with Crippen LogP contribution in [0.5, 0.6) is 11.5 Å². The van der Waals surface area contributed by atoms with E-state index in [9.17, 15) is 23.9 Å². The van der Waals surface area contributed by atoms with Gasteiger partial charge in [0.1, 0.15) is 5.82 Å². The van der Waals surface area contributed by atoms with Crippen LogP contribution in [0, 0.1) is 29.5 Å². The van der Waals surface area contributed by atoms with Gasteiger partial charge in [0.2, 0.25) is 11.8 Å². The Morgan fingerprint density at radius 1 is 0.959 bits per heavy atom. The van der Waals surface area contributed by atoms with Crippen molar-refractivity contribution in [2.24, 2.45) is 23.7 Å². The van der Waals surface area contributed by atoms with Crippen LogP contribution in [-0.4, -0.2) is 50.8 Å². The van der Waals surface area contributed by atoms with E-state index in [4.69, 9.17) is 16.3 Å². The SMILES string of the molecule is CCOc1cc([C@H]2C3=CC[C@@H]4C(=O)N(C(C)(C)C)C(=O)[C@@H]4[C@@H]3C[C@H]3C(=O)N(Nc4ccc(F)cc4)C(=O)[C@@]23c2ccc(Cl)cc2)ccc1O. The third-order valence-corrected chi connectivity index (χ3v) is 10.8. The quantitative estimate of drug-likeness (QED) is 0.229. The Labute approximate surface area is 288 Å². The van der Waals surface area contributed by atoms with Crippen LogP contribution in [-0.2, 0) is 24.6 Å². The molecule has 4 aliphatic rings. The number of imide groups is 2. The average molecular weight is 686 g/mol. The maximum Gasteiger partial charge on any atom is 0.260 e. The zero-order valence-corrected chi connectivity index (χ0v) is 28.3. The van der Waals surface area contributed by atoms with Crippen molar-refractivity contribution in [3.8, 4) is 11.5 Å². The van der Waals surface area contributed by atoms with E-state index in [2.05, 4.69) is 5.43 Å². The lowest BCUT2D eigenvalue weighted by atomic mass is 9.49. The lowest BCUT2D eigenvalue weighted by Crippen LogP contribution is -2.53. The monoisotopic (exact) mass is 685 g/mol. The first-order valence-electron chi connectivity index (χ1n) is 16.5. The molecule has 9 nitrogen and oxygen atoms in total. The molecule has 7 rings (SSSR count). The molecule has 3 fully saturated rings. The third-order valence-electron chi connectivity index (χ3n) is 10.5. The number of likely N-dealkylation sites (tertiary alicyclic amines) is 1. The second-order valence-corrected chi connectivity index (χ2v) is 14.7. The molecule has 3 aromatic rings. The number of benzene rings is 3. The number of phenols is 1. The van der Waals surface area contributed by atoms with E-state index >= 15 is 4.79 Å². The Bertz CT molecular complexity index is 1910. The van der Waals surface area contributed by atoms with Crippen LogP contribution in [0.25, 0.3) is 0 Å². The molecule has 11 heteroatoms. The maximum absolute atomic E-state index is 15.2. The van der Waals surface area contributed by atoms with Crippen molar-refractivity contribution >= 4 is 40.9 Å². The number of ether oxygens (including phenoxy) is 1. The lowest BCUT2D eigenvalue weighted by molar-refractivity contribution is -0.146. The van der Waals surface area contributed by atoms with Gasteiger partial charge in [-0.05, 0) is 106 Å². The highest BCUT2D eigenvalue weighted by atomic mass is 35.5. The smallest absolute Gasteiger partial charge is 0.260 e. The van der Waals surface area contributed by atoms with Crippen molar-refractivity contribution in [2.45, 2.75) is 57.4 Å². The summed E-state index contributed by atoms with van der Waals surface area (Å²) in [6.07, 6.45) is 2.40. The van der Waals surface area contributed by atoms with Gasteiger partial charge in [0, 0.05) is 16.5 Å². The van der Waals surface area contributed by atoms with E-state index < -0.39 is 58.2 Å². The molecule has 1 saturated carbocycles. The Morgan fingerprint density at radius 2 is 1.65 bits per heavy atom. The van der Waals surface area contributed by atoms with Crippen molar-refractivity contribution in [3.05, 3.63) is 100 Å². The molecular formula is C38H37ClFN3O6. The van der Waals surface area contributed by atoms with Crippen LogP contribution in [0.3, 0.4) is 0 Å². The van der Waals surface area contributed by atoms with E-state index in [0.717, 1.165) is 10.6 Å². The van der Waals surface area contributed by atoms with Crippen LogP contribution in [0.4, 0.5) is 10.1 Å². The molecule has 0 aromatic heterocycles. The molecule has 4 amide bonds. The molecule has 0 radical (unpaired) electrons. The Morgan fingerprint density at radius 3 is 2.31 bits per heavy atom.